The Kier molecular flexibility index (Phi) is 12.2. The minimum atomic E-state index is -1.77. The van der Waals surface area contributed by atoms with Gasteiger partial charge in [0, 0.05) is 12.8 Å². The third-order valence-electron chi connectivity index (χ3n) is 5.84. The second-order valence-electron chi connectivity index (χ2n) is 13.0. The van der Waals surface area contributed by atoms with Gasteiger partial charge in [-0.15, -0.1) is 0 Å². The van der Waals surface area contributed by atoms with Crippen molar-refractivity contribution in [3.63, 3.8) is 0 Å². The van der Waals surface area contributed by atoms with Gasteiger partial charge in [0.1, 0.15) is 11.6 Å². The second kappa shape index (κ2) is 13.9. The van der Waals surface area contributed by atoms with Crippen molar-refractivity contribution in [1.29, 1.82) is 0 Å². The van der Waals surface area contributed by atoms with Gasteiger partial charge >= 0.3 is 23.9 Å². The maximum Gasteiger partial charge on any atom is 0.324 e. The van der Waals surface area contributed by atoms with Crippen molar-refractivity contribution in [3.8, 4) is 11.5 Å². The summed E-state index contributed by atoms with van der Waals surface area (Å²) in [4.78, 5) is 49.7. The predicted octanol–water partition coefficient (Wildman–Crippen LogP) is 5.45. The summed E-state index contributed by atoms with van der Waals surface area (Å²) in [6.07, 6.45) is 0.736. The Morgan fingerprint density at radius 1 is 0.897 bits per heavy atom. The van der Waals surface area contributed by atoms with E-state index in [1.165, 1.54) is 12.1 Å². The number of carbonyl (C=O) groups excluding carboxylic acids is 3. The molecule has 3 atom stereocenters. The molecule has 9 nitrogen and oxygen atoms in total. The van der Waals surface area contributed by atoms with E-state index in [9.17, 15) is 24.3 Å². The summed E-state index contributed by atoms with van der Waals surface area (Å²) in [5, 5.41) is 9.97. The molecule has 3 N–H and O–H groups in total. The van der Waals surface area contributed by atoms with Gasteiger partial charge < -0.3 is 25.1 Å². The molecule has 2 unspecified atom stereocenters. The van der Waals surface area contributed by atoms with Crippen molar-refractivity contribution >= 4 is 23.9 Å². The van der Waals surface area contributed by atoms with Crippen LogP contribution in [0.25, 0.3) is 0 Å². The highest BCUT2D eigenvalue weighted by Crippen LogP contribution is 2.33. The SMILES string of the molecule is CCCC(C)C(=O)O[C@@H](C)CC(N)(Cc1ccc(OC(=O)CC(C)(C)C)c(OC(=O)CC(C)(C)C)c1)C(=O)O. The maximum absolute atomic E-state index is 12.6. The van der Waals surface area contributed by atoms with Gasteiger partial charge in [0.25, 0.3) is 0 Å². The van der Waals surface area contributed by atoms with Crippen LogP contribution in [0, 0.1) is 16.7 Å². The fraction of sp³-hybridized carbons (Fsp3) is 0.667. The molecule has 9 heteroatoms. The van der Waals surface area contributed by atoms with E-state index >= 15 is 0 Å². The van der Waals surface area contributed by atoms with Crippen LogP contribution in [-0.4, -0.2) is 40.6 Å². The lowest BCUT2D eigenvalue weighted by molar-refractivity contribution is -0.156. The van der Waals surface area contributed by atoms with E-state index in [-0.39, 0.29) is 53.9 Å². The van der Waals surface area contributed by atoms with E-state index in [4.69, 9.17) is 19.9 Å². The molecule has 0 heterocycles. The van der Waals surface area contributed by atoms with Crippen LogP contribution in [0.4, 0.5) is 0 Å². The van der Waals surface area contributed by atoms with Crippen LogP contribution in [0.3, 0.4) is 0 Å². The summed E-state index contributed by atoms with van der Waals surface area (Å²) in [5.74, 6) is -2.91. The van der Waals surface area contributed by atoms with Crippen LogP contribution in [0.5, 0.6) is 11.5 Å². The summed E-state index contributed by atoms with van der Waals surface area (Å²) in [6.45, 7) is 16.7. The molecule has 0 spiro atoms. The maximum atomic E-state index is 12.6. The molecule has 1 rings (SSSR count). The van der Waals surface area contributed by atoms with Gasteiger partial charge in [0.05, 0.1) is 18.8 Å². The van der Waals surface area contributed by atoms with Crippen LogP contribution in [-0.2, 0) is 30.3 Å². The first-order chi connectivity index (χ1) is 17.7. The number of benzene rings is 1. The quantitative estimate of drug-likeness (QED) is 0.242. The number of carbonyl (C=O) groups is 4. The summed E-state index contributed by atoms with van der Waals surface area (Å²) in [6, 6.07) is 4.50. The zero-order valence-corrected chi connectivity index (χ0v) is 25.0. The molecule has 0 aromatic heterocycles. The Morgan fingerprint density at radius 2 is 1.41 bits per heavy atom. The summed E-state index contributed by atoms with van der Waals surface area (Å²) >= 11 is 0. The number of nitrogens with two attached hydrogens (primary N) is 1. The van der Waals surface area contributed by atoms with Crippen LogP contribution in [0.15, 0.2) is 18.2 Å². The van der Waals surface area contributed by atoms with Gasteiger partial charge in [-0.25, -0.2) is 0 Å². The van der Waals surface area contributed by atoms with Crippen molar-refractivity contribution in [2.45, 2.75) is 112 Å². The van der Waals surface area contributed by atoms with Gasteiger partial charge in [-0.05, 0) is 41.9 Å². The molecule has 0 saturated heterocycles. The summed E-state index contributed by atoms with van der Waals surface area (Å²) in [5.41, 5.74) is 4.35. The van der Waals surface area contributed by atoms with Crippen LogP contribution < -0.4 is 15.2 Å². The third-order valence-corrected chi connectivity index (χ3v) is 5.84. The van der Waals surface area contributed by atoms with E-state index in [1.807, 2.05) is 48.5 Å². The summed E-state index contributed by atoms with van der Waals surface area (Å²) < 4.78 is 16.6. The van der Waals surface area contributed by atoms with Crippen LogP contribution in [0.2, 0.25) is 0 Å². The number of ether oxygens (including phenoxy) is 3. The highest BCUT2D eigenvalue weighted by atomic mass is 16.6. The lowest BCUT2D eigenvalue weighted by Crippen LogP contribution is -2.52. The average Bonchev–Trinajstić information content (AvgIpc) is 2.72. The largest absolute Gasteiger partial charge is 0.480 e. The number of aliphatic carboxylic acids is 1. The average molecular weight is 550 g/mol. The molecule has 39 heavy (non-hydrogen) atoms. The van der Waals surface area contributed by atoms with Crippen molar-refractivity contribution in [3.05, 3.63) is 23.8 Å². The number of carboxylic acid groups (broad SMARTS) is 1. The number of hydrogen-bond acceptors (Lipinski definition) is 8. The molecule has 220 valence electrons. The highest BCUT2D eigenvalue weighted by Gasteiger charge is 2.37. The lowest BCUT2D eigenvalue weighted by atomic mass is 9.86. The predicted molar refractivity (Wildman–Crippen MR) is 148 cm³/mol. The molecule has 0 fully saturated rings. The van der Waals surface area contributed by atoms with Gasteiger partial charge in [-0.2, -0.15) is 0 Å². The first kappa shape index (κ1) is 34.1. The van der Waals surface area contributed by atoms with Gasteiger partial charge in [-0.1, -0.05) is 67.9 Å². The molecule has 1 aromatic rings. The molecule has 0 aliphatic carbocycles. The number of carboxylic acids is 1. The van der Waals surface area contributed by atoms with Crippen molar-refractivity contribution in [2.24, 2.45) is 22.5 Å². The molecule has 0 bridgehead atoms. The third kappa shape index (κ3) is 12.6. The lowest BCUT2D eigenvalue weighted by Gasteiger charge is -2.28. The molecule has 1 aromatic carbocycles. The molecule has 0 aliphatic heterocycles. The molecular formula is C30H47NO8. The smallest absolute Gasteiger partial charge is 0.324 e. The Balaban J connectivity index is 3.24. The minimum absolute atomic E-state index is 0.00427. The monoisotopic (exact) mass is 549 g/mol. The fourth-order valence-corrected chi connectivity index (χ4v) is 4.03. The van der Waals surface area contributed by atoms with Crippen molar-refractivity contribution < 1.29 is 38.5 Å². The molecule has 0 radical (unpaired) electrons. The van der Waals surface area contributed by atoms with E-state index < -0.39 is 35.5 Å². The van der Waals surface area contributed by atoms with Crippen LogP contribution in [0.1, 0.15) is 100.0 Å². The van der Waals surface area contributed by atoms with Crippen molar-refractivity contribution in [1.82, 2.24) is 0 Å². The molecular weight excluding hydrogens is 502 g/mol. The molecule has 0 amide bonds. The Hall–Kier alpha value is -2.94. The van der Waals surface area contributed by atoms with Gasteiger partial charge in [0.2, 0.25) is 0 Å². The van der Waals surface area contributed by atoms with Crippen molar-refractivity contribution in [2.75, 3.05) is 0 Å². The van der Waals surface area contributed by atoms with E-state index in [2.05, 4.69) is 0 Å². The van der Waals surface area contributed by atoms with E-state index in [0.29, 0.717) is 12.0 Å². The number of rotatable bonds is 13. The normalized spacial score (nSPS) is 15.0. The molecule has 0 aliphatic rings. The topological polar surface area (TPSA) is 142 Å². The Morgan fingerprint density at radius 3 is 1.87 bits per heavy atom. The van der Waals surface area contributed by atoms with Gasteiger partial charge in [0.15, 0.2) is 11.5 Å². The zero-order chi connectivity index (χ0) is 30.2. The highest BCUT2D eigenvalue weighted by molar-refractivity contribution is 5.80. The fourth-order valence-electron chi connectivity index (χ4n) is 4.03. The van der Waals surface area contributed by atoms with E-state index in [1.54, 1.807) is 19.9 Å². The Bertz CT molecular complexity index is 1020. The number of hydrogen-bond donors (Lipinski definition) is 2. The second-order valence-corrected chi connectivity index (χ2v) is 13.0. The molecule has 0 saturated carbocycles. The minimum Gasteiger partial charge on any atom is -0.480 e. The first-order valence-corrected chi connectivity index (χ1v) is 13.5. The van der Waals surface area contributed by atoms with Crippen LogP contribution >= 0.6 is 0 Å². The first-order valence-electron chi connectivity index (χ1n) is 13.5. The number of esters is 3. The van der Waals surface area contributed by atoms with E-state index in [0.717, 1.165) is 6.42 Å². The Labute approximate surface area is 232 Å². The van der Waals surface area contributed by atoms with Gasteiger partial charge in [-0.3, -0.25) is 19.2 Å². The zero-order valence-electron chi connectivity index (χ0n) is 25.0. The summed E-state index contributed by atoms with van der Waals surface area (Å²) in [7, 11) is 0. The standard InChI is InChI=1S/C30H47NO8/c1-10-11-19(2)26(34)37-20(3)15-30(31,27(35)36)16-21-12-13-22(38-24(32)17-28(4,5)6)23(14-21)39-25(33)18-29(7,8)9/h12-14,19-20H,10-11,15-18,31H2,1-9H3,(H,35,36)/t19?,20-,30?/m0/s1.